The van der Waals surface area contributed by atoms with E-state index >= 15 is 0 Å². The molecule has 0 aliphatic rings. The second-order valence-corrected chi connectivity index (χ2v) is 2.20. The topological polar surface area (TPSA) is 37.3 Å². The predicted molar refractivity (Wildman–Crippen MR) is 50.1 cm³/mol. The molecule has 0 fully saturated rings. The second kappa shape index (κ2) is 10.1. The quantitative estimate of drug-likeness (QED) is 0.488. The number of aryl methyl sites for hydroxylation is 1. The van der Waals surface area contributed by atoms with Crippen molar-refractivity contribution in [2.45, 2.75) is 6.92 Å². The molecule has 0 saturated heterocycles. The second-order valence-electron chi connectivity index (χ2n) is 2.20. The molecule has 0 bridgehead atoms. The van der Waals surface area contributed by atoms with Crippen molar-refractivity contribution in [1.29, 1.82) is 0 Å². The molecule has 1 aromatic carbocycles. The van der Waals surface area contributed by atoms with Crippen LogP contribution in [0.2, 0.25) is 0 Å². The predicted octanol–water partition coefficient (Wildman–Crippen LogP) is -0.631. The van der Waals surface area contributed by atoms with Gasteiger partial charge in [0.25, 0.3) is 0 Å². The Bertz CT molecular complexity index is 250. The van der Waals surface area contributed by atoms with Crippen LogP contribution < -0.4 is 51.4 Å². The molecule has 2 nitrogen and oxygen atoms in total. The van der Waals surface area contributed by atoms with E-state index in [2.05, 4.69) is 25.6 Å². The Hall–Kier alpha value is 0.0664. The normalized spacial score (nSPS) is 7.15. The van der Waals surface area contributed by atoms with Crippen LogP contribution in [0.1, 0.15) is 6.99 Å². The molecule has 0 amide bonds. The molecule has 0 atom stereocenters. The van der Waals surface area contributed by atoms with Crippen LogP contribution in [0.15, 0.2) is 43.0 Å². The average molecular weight is 204 g/mol. The minimum Gasteiger partial charge on any atom is -1.00 e. The van der Waals surface area contributed by atoms with Gasteiger partial charge in [-0.25, -0.2) is 4.79 Å². The Morgan fingerprint density at radius 2 is 1.85 bits per heavy atom. The molecule has 1 N–H and O–H groups in total. The first-order valence-electron chi connectivity index (χ1n) is 3.54. The van der Waals surface area contributed by atoms with Gasteiger partial charge in [0.15, 0.2) is 0 Å². The molecule has 0 aliphatic carbocycles. The Labute approximate surface area is 123 Å². The van der Waals surface area contributed by atoms with E-state index in [-0.39, 0.29) is 52.8 Å². The number of carboxylic acid groups (broad SMARTS) is 1. The maximum absolute atomic E-state index is 9.25. The smallest absolute Gasteiger partial charge is 1.00 e. The van der Waals surface area contributed by atoms with Crippen molar-refractivity contribution in [3.8, 4) is 0 Å². The molecule has 0 spiro atoms. The van der Waals surface area contributed by atoms with Crippen molar-refractivity contribution in [2.24, 2.45) is 0 Å². The summed E-state index contributed by atoms with van der Waals surface area (Å²) in [5, 5.41) is 7.60. The monoisotopic (exact) mass is 204 g/mol. The van der Waals surface area contributed by atoms with Crippen molar-refractivity contribution in [3.05, 3.63) is 48.6 Å². The van der Waals surface area contributed by atoms with Crippen LogP contribution in [0.5, 0.6) is 0 Å². The largest absolute Gasteiger partial charge is 1.00 e. The summed E-state index contributed by atoms with van der Waals surface area (Å²) in [6, 6.07) is 10.3. The molecule has 1 aromatic rings. The number of hydrogen-bond donors (Lipinski definition) is 1. The molecule has 0 heterocycles. The molecule has 66 valence electrons. The molecular weight excluding hydrogens is 191 g/mol. The van der Waals surface area contributed by atoms with E-state index in [4.69, 9.17) is 5.11 Å². The van der Waals surface area contributed by atoms with Crippen molar-refractivity contribution in [1.82, 2.24) is 0 Å². The summed E-state index contributed by atoms with van der Waals surface area (Å²) in [6.45, 7) is 5.04. The minimum atomic E-state index is -0.981. The van der Waals surface area contributed by atoms with Crippen LogP contribution in [-0.4, -0.2) is 11.1 Å². The van der Waals surface area contributed by atoms with Crippen LogP contribution in [0.25, 0.3) is 0 Å². The van der Waals surface area contributed by atoms with Gasteiger partial charge in [-0.2, -0.15) is 0 Å². The van der Waals surface area contributed by atoms with E-state index in [1.165, 1.54) is 5.56 Å². The van der Waals surface area contributed by atoms with Gasteiger partial charge in [0.05, 0.1) is 0 Å². The first-order valence-corrected chi connectivity index (χ1v) is 3.54. The number of benzene rings is 1. The van der Waals surface area contributed by atoms with Crippen molar-refractivity contribution >= 4 is 5.97 Å². The number of rotatable bonds is 1. The fourth-order valence-electron chi connectivity index (χ4n) is 0.534. The summed E-state index contributed by atoms with van der Waals surface area (Å²) in [5.74, 6) is -0.981. The summed E-state index contributed by atoms with van der Waals surface area (Å²) < 4.78 is 0. The molecule has 0 aromatic heterocycles. The van der Waals surface area contributed by atoms with Crippen molar-refractivity contribution in [3.63, 3.8) is 0 Å². The van der Waals surface area contributed by atoms with Crippen molar-refractivity contribution < 1.29 is 62.7 Å². The molecular formula is C10H13KO2. The van der Waals surface area contributed by atoms with Gasteiger partial charge in [0, 0.05) is 6.08 Å². The van der Waals surface area contributed by atoms with E-state index in [0.717, 1.165) is 6.08 Å². The summed E-state index contributed by atoms with van der Waals surface area (Å²) in [4.78, 5) is 9.25. The fourth-order valence-corrected chi connectivity index (χ4v) is 0.534. The number of aliphatic carboxylic acids is 1. The van der Waals surface area contributed by atoms with Crippen LogP contribution >= 0.6 is 0 Å². The maximum Gasteiger partial charge on any atom is 1.00 e. The molecule has 13 heavy (non-hydrogen) atoms. The SMILES string of the molecule is C=CC(=O)O.Cc1ccccc1.[H-].[K+]. The molecule has 0 radical (unpaired) electrons. The Kier molecular flexibility index (Phi) is 12.1. The fraction of sp³-hybridized carbons (Fsp3) is 0.100. The molecule has 0 unspecified atom stereocenters. The summed E-state index contributed by atoms with van der Waals surface area (Å²) in [5.41, 5.74) is 1.32. The van der Waals surface area contributed by atoms with Gasteiger partial charge in [-0.3, -0.25) is 0 Å². The van der Waals surface area contributed by atoms with Gasteiger partial charge in [-0.05, 0) is 6.92 Å². The Morgan fingerprint density at radius 3 is 2.00 bits per heavy atom. The van der Waals surface area contributed by atoms with E-state index < -0.39 is 5.97 Å². The van der Waals surface area contributed by atoms with Crippen molar-refractivity contribution in [2.75, 3.05) is 0 Å². The third-order valence-corrected chi connectivity index (χ3v) is 1.12. The minimum absolute atomic E-state index is 0. The molecule has 3 heteroatoms. The first kappa shape index (κ1) is 15.5. The summed E-state index contributed by atoms with van der Waals surface area (Å²) in [6.07, 6.45) is 0.833. The van der Waals surface area contributed by atoms with E-state index in [9.17, 15) is 4.79 Å². The third-order valence-electron chi connectivity index (χ3n) is 1.12. The zero-order valence-electron chi connectivity index (χ0n) is 9.03. The molecule has 1 rings (SSSR count). The van der Waals surface area contributed by atoms with E-state index in [0.29, 0.717) is 0 Å². The van der Waals surface area contributed by atoms with Crippen LogP contribution in [0, 0.1) is 6.92 Å². The molecule has 0 aliphatic heterocycles. The molecule has 0 saturated carbocycles. The zero-order valence-corrected chi connectivity index (χ0v) is 11.1. The summed E-state index contributed by atoms with van der Waals surface area (Å²) >= 11 is 0. The third kappa shape index (κ3) is 12.1. The van der Waals surface area contributed by atoms with Gasteiger partial charge in [0.2, 0.25) is 0 Å². The Morgan fingerprint density at radius 1 is 1.46 bits per heavy atom. The van der Waals surface area contributed by atoms with Crippen LogP contribution in [0.3, 0.4) is 0 Å². The Balaban J connectivity index is -0.000000159. The van der Waals surface area contributed by atoms with Gasteiger partial charge < -0.3 is 6.53 Å². The number of hydrogen-bond acceptors (Lipinski definition) is 1. The maximum atomic E-state index is 9.25. The van der Waals surface area contributed by atoms with E-state index in [1.807, 2.05) is 18.2 Å². The average Bonchev–Trinajstić information content (AvgIpc) is 2.07. The van der Waals surface area contributed by atoms with Gasteiger partial charge in [0.1, 0.15) is 0 Å². The van der Waals surface area contributed by atoms with Gasteiger partial charge in [-0.1, -0.05) is 42.5 Å². The van der Waals surface area contributed by atoms with Gasteiger partial charge >= 0.3 is 57.4 Å². The van der Waals surface area contributed by atoms with E-state index in [1.54, 1.807) is 0 Å². The number of carbonyl (C=O) groups is 1. The number of carboxylic acids is 1. The van der Waals surface area contributed by atoms with Crippen LogP contribution in [-0.2, 0) is 4.79 Å². The zero-order chi connectivity index (χ0) is 9.40. The van der Waals surface area contributed by atoms with Gasteiger partial charge in [-0.15, -0.1) is 0 Å². The first-order chi connectivity index (χ1) is 5.66. The summed E-state index contributed by atoms with van der Waals surface area (Å²) in [7, 11) is 0. The standard InChI is InChI=1S/C7H8.C3H4O2.K.H/c1-7-5-3-2-4-6-7;1-2-3(4)5;;/h2-6H,1H3;2H,1H2,(H,4,5);;/q;;+1;-1. The van der Waals surface area contributed by atoms with Crippen LogP contribution in [0.4, 0.5) is 0 Å².